The van der Waals surface area contributed by atoms with Crippen LogP contribution in [0.25, 0.3) is 0 Å². The number of nitrogens with one attached hydrogen (secondary N) is 3. The molecule has 1 heterocycles. The van der Waals surface area contributed by atoms with Crippen molar-refractivity contribution in [2.75, 3.05) is 49.2 Å². The van der Waals surface area contributed by atoms with Gasteiger partial charge in [0.15, 0.2) is 0 Å². The second-order valence-electron chi connectivity index (χ2n) is 10.3. The lowest BCUT2D eigenvalue weighted by atomic mass is 10.00. The van der Waals surface area contributed by atoms with Crippen molar-refractivity contribution < 1.29 is 28.5 Å². The summed E-state index contributed by atoms with van der Waals surface area (Å²) in [5.41, 5.74) is 3.56. The van der Waals surface area contributed by atoms with Gasteiger partial charge in [-0.3, -0.25) is 18.2 Å². The van der Waals surface area contributed by atoms with Crippen molar-refractivity contribution in [3.05, 3.63) is 83.4 Å². The number of rotatable bonds is 14. The molecule has 3 aromatic carbocycles. The molecule has 4 rings (SSSR count). The number of hydrogen-bond donors (Lipinski definition) is 6. The number of methoxy groups -OCH3 is 2. The van der Waals surface area contributed by atoms with Gasteiger partial charge in [0.2, 0.25) is 0 Å². The molecule has 1 saturated heterocycles. The van der Waals surface area contributed by atoms with Crippen LogP contribution in [0.1, 0.15) is 34.8 Å². The van der Waals surface area contributed by atoms with Gasteiger partial charge < -0.3 is 30.5 Å². The van der Waals surface area contributed by atoms with Crippen LogP contribution in [0.4, 0.5) is 11.4 Å². The highest BCUT2D eigenvalue weighted by molar-refractivity contribution is 8.25. The number of aliphatic hydroxyl groups is 1. The van der Waals surface area contributed by atoms with Crippen LogP contribution in [0.15, 0.2) is 66.7 Å². The average Bonchev–Trinajstić information content (AvgIpc) is 3.35. The van der Waals surface area contributed by atoms with E-state index in [9.17, 15) is 19.0 Å². The number of carbonyl (C=O) groups is 1. The van der Waals surface area contributed by atoms with E-state index in [0.717, 1.165) is 11.1 Å². The van der Waals surface area contributed by atoms with Crippen LogP contribution in [0, 0.1) is 0 Å². The van der Waals surface area contributed by atoms with E-state index in [1.165, 1.54) is 0 Å². The summed E-state index contributed by atoms with van der Waals surface area (Å²) in [5.74, 6) is 1.30. The first-order valence-electron chi connectivity index (χ1n) is 14.1. The average molecular weight is 635 g/mol. The Kier molecular flexibility index (Phi) is 12.8. The Balaban J connectivity index is 0.00000506. The lowest BCUT2D eigenvalue weighted by Crippen LogP contribution is -2.48. The molecule has 2 atom stereocenters. The largest absolute Gasteiger partial charge is 0.497 e. The van der Waals surface area contributed by atoms with Crippen LogP contribution >= 0.6 is 23.2 Å². The molecule has 3 aromatic rings. The van der Waals surface area contributed by atoms with E-state index in [2.05, 4.69) is 16.0 Å². The lowest BCUT2D eigenvalue weighted by Gasteiger charge is -2.38. The van der Waals surface area contributed by atoms with E-state index >= 15 is 0 Å². The van der Waals surface area contributed by atoms with Gasteiger partial charge in [0.1, 0.15) is 11.5 Å². The van der Waals surface area contributed by atoms with Crippen molar-refractivity contribution in [2.45, 2.75) is 38.5 Å². The van der Waals surface area contributed by atoms with Crippen molar-refractivity contribution in [1.29, 1.82) is 0 Å². The second kappa shape index (κ2) is 16.0. The summed E-state index contributed by atoms with van der Waals surface area (Å²) in [4.78, 5) is 13.6. The first-order chi connectivity index (χ1) is 20.2. The third-order valence-corrected chi connectivity index (χ3v) is 9.09. The van der Waals surface area contributed by atoms with E-state index in [4.69, 9.17) is 9.47 Å². The van der Waals surface area contributed by atoms with Crippen LogP contribution < -0.4 is 29.7 Å². The van der Waals surface area contributed by atoms with Gasteiger partial charge in [0.05, 0.1) is 37.8 Å². The third kappa shape index (κ3) is 9.40. The minimum Gasteiger partial charge on any atom is -0.497 e. The molecule has 236 valence electrons. The van der Waals surface area contributed by atoms with Gasteiger partial charge in [-0.15, -0.1) is 23.2 Å². The number of nitrogens with zero attached hydrogens (tertiary/aromatic N) is 1. The zero-order chi connectivity index (χ0) is 30.1. The molecule has 43 heavy (non-hydrogen) atoms. The minimum absolute atomic E-state index is 0. The predicted octanol–water partition coefficient (Wildman–Crippen LogP) is 4.92. The van der Waals surface area contributed by atoms with Crippen molar-refractivity contribution in [1.82, 2.24) is 10.6 Å². The van der Waals surface area contributed by atoms with Crippen LogP contribution in [-0.2, 0) is 13.0 Å². The maximum atomic E-state index is 13.6. The zero-order valence-corrected chi connectivity index (χ0v) is 26.4. The summed E-state index contributed by atoms with van der Waals surface area (Å²) in [6.45, 7) is 3.79. The van der Waals surface area contributed by atoms with E-state index in [1.807, 2.05) is 55.5 Å². The Morgan fingerprint density at radius 1 is 1.00 bits per heavy atom. The molecule has 0 unspecified atom stereocenters. The van der Waals surface area contributed by atoms with Gasteiger partial charge in [-0.2, -0.15) is 0 Å². The molecule has 0 aliphatic carbocycles. The molecule has 0 spiro atoms. The molecule has 10 nitrogen and oxygen atoms in total. The highest BCUT2D eigenvalue weighted by Gasteiger charge is 2.30. The standard InChI is InChI=1S/C31H42N4O6S.ClH/c1-4-33-25-16-24(17-26(18-25)35-11-8-12-42(35,38)39)31(37)34-29(15-22-9-6-5-7-10-22)30(36)21-32-20-23-13-27(40-2)19-28(14-23)41-3;/h5-7,9-10,13-14,16-19,29-30,32-33,36,38-39H,4,8,11-12,15,20-21H2,1-3H3,(H,34,37);1H/t29-,30-;/m0./s1. The molecule has 0 radical (unpaired) electrons. The highest BCUT2D eigenvalue weighted by atomic mass is 35.5. The highest BCUT2D eigenvalue weighted by Crippen LogP contribution is 2.51. The van der Waals surface area contributed by atoms with Crippen molar-refractivity contribution >= 4 is 40.5 Å². The first-order valence-corrected chi connectivity index (χ1v) is 15.8. The molecule has 12 heteroatoms. The van der Waals surface area contributed by atoms with Crippen molar-refractivity contribution in [3.63, 3.8) is 0 Å². The number of amides is 1. The number of carbonyl (C=O) groups excluding carboxylic acids is 1. The lowest BCUT2D eigenvalue weighted by molar-refractivity contribution is 0.0830. The van der Waals surface area contributed by atoms with E-state index in [0.29, 0.717) is 66.7 Å². The Labute approximate surface area is 261 Å². The van der Waals surface area contributed by atoms with Crippen LogP contribution in [0.3, 0.4) is 0 Å². The quantitative estimate of drug-likeness (QED) is 0.146. The van der Waals surface area contributed by atoms with Crippen LogP contribution in [-0.4, -0.2) is 71.9 Å². The molecule has 6 N–H and O–H groups in total. The second-order valence-corrected chi connectivity index (χ2v) is 12.4. The topological polar surface area (TPSA) is 136 Å². The molecule has 0 aromatic heterocycles. The SMILES string of the molecule is CCNc1cc(C(=O)N[C@@H](Cc2ccccc2)[C@@H](O)CNCc2cc(OC)cc(OC)c2)cc(N2CCCS2(O)O)c1.Cl. The van der Waals surface area contributed by atoms with Gasteiger partial charge in [-0.25, -0.2) is 0 Å². The number of benzene rings is 3. The van der Waals surface area contributed by atoms with Gasteiger partial charge in [-0.05, 0) is 61.2 Å². The van der Waals surface area contributed by atoms with Gasteiger partial charge in [0, 0.05) is 43.5 Å². The van der Waals surface area contributed by atoms with Gasteiger partial charge in [0.25, 0.3) is 5.91 Å². The summed E-state index contributed by atoms with van der Waals surface area (Å²) in [5, 5.41) is 20.8. The summed E-state index contributed by atoms with van der Waals surface area (Å²) < 4.78 is 33.4. The van der Waals surface area contributed by atoms with E-state index in [1.54, 1.807) is 36.7 Å². The predicted molar refractivity (Wildman–Crippen MR) is 176 cm³/mol. The molecule has 1 fully saturated rings. The Bertz CT molecular complexity index is 1310. The Morgan fingerprint density at radius 2 is 1.70 bits per heavy atom. The maximum Gasteiger partial charge on any atom is 0.251 e. The van der Waals surface area contributed by atoms with Gasteiger partial charge in [-0.1, -0.05) is 30.3 Å². The molecule has 1 aliphatic heterocycles. The number of ether oxygens (including phenoxy) is 2. The molecule has 0 saturated carbocycles. The smallest absolute Gasteiger partial charge is 0.251 e. The van der Waals surface area contributed by atoms with Crippen molar-refractivity contribution in [3.8, 4) is 11.5 Å². The summed E-state index contributed by atoms with van der Waals surface area (Å²) in [6.07, 6.45) is 0.189. The molecule has 1 amide bonds. The molecule has 1 aliphatic rings. The maximum absolute atomic E-state index is 13.6. The Morgan fingerprint density at radius 3 is 2.30 bits per heavy atom. The fraction of sp³-hybridized carbons (Fsp3) is 0.387. The number of hydrogen-bond acceptors (Lipinski definition) is 9. The third-order valence-electron chi connectivity index (χ3n) is 7.15. The summed E-state index contributed by atoms with van der Waals surface area (Å²) in [6, 6.07) is 19.9. The fourth-order valence-corrected chi connectivity index (χ4v) is 6.63. The van der Waals surface area contributed by atoms with Crippen molar-refractivity contribution in [2.24, 2.45) is 0 Å². The molecule has 0 bridgehead atoms. The Hall–Kier alpha value is -3.19. The number of halogens is 1. The zero-order valence-electron chi connectivity index (χ0n) is 24.8. The van der Waals surface area contributed by atoms with Gasteiger partial charge >= 0.3 is 0 Å². The monoisotopic (exact) mass is 634 g/mol. The molecular formula is C31H43ClN4O6S. The van der Waals surface area contributed by atoms with E-state index in [-0.39, 0.29) is 24.9 Å². The normalized spacial score (nSPS) is 16.0. The summed E-state index contributed by atoms with van der Waals surface area (Å²) >= 11 is 0. The van der Waals surface area contributed by atoms with Crippen LogP contribution in [0.5, 0.6) is 11.5 Å². The summed E-state index contributed by atoms with van der Waals surface area (Å²) in [7, 11) is 0.270. The van der Waals surface area contributed by atoms with E-state index < -0.39 is 22.9 Å². The first kappa shape index (κ1) is 34.3. The molecular weight excluding hydrogens is 592 g/mol. The number of anilines is 2. The van der Waals surface area contributed by atoms with Crippen LogP contribution in [0.2, 0.25) is 0 Å². The number of aliphatic hydroxyl groups excluding tert-OH is 1. The minimum atomic E-state index is -2.92. The fourth-order valence-electron chi connectivity index (χ4n) is 5.03.